The number of carbonyl (C=O) groups excluding carboxylic acids is 2. The SMILES string of the molecule is CCCCNC(=O)c1cccc(C(=O)NC2CC2)n1. The topological polar surface area (TPSA) is 71.1 Å². The summed E-state index contributed by atoms with van der Waals surface area (Å²) >= 11 is 0. The number of nitrogens with zero attached hydrogens (tertiary/aromatic N) is 1. The molecule has 1 heterocycles. The van der Waals surface area contributed by atoms with E-state index in [1.54, 1.807) is 18.2 Å². The van der Waals surface area contributed by atoms with Crippen molar-refractivity contribution in [1.82, 2.24) is 15.6 Å². The molecule has 2 rings (SSSR count). The average molecular weight is 261 g/mol. The summed E-state index contributed by atoms with van der Waals surface area (Å²) in [6.07, 6.45) is 4.02. The second-order valence-electron chi connectivity index (χ2n) is 4.77. The smallest absolute Gasteiger partial charge is 0.270 e. The third-order valence-electron chi connectivity index (χ3n) is 2.94. The number of amides is 2. The molecule has 19 heavy (non-hydrogen) atoms. The maximum Gasteiger partial charge on any atom is 0.270 e. The zero-order valence-electron chi connectivity index (χ0n) is 11.1. The van der Waals surface area contributed by atoms with Crippen LogP contribution in [0.25, 0.3) is 0 Å². The van der Waals surface area contributed by atoms with Gasteiger partial charge in [0.25, 0.3) is 11.8 Å². The van der Waals surface area contributed by atoms with Gasteiger partial charge in [-0.1, -0.05) is 19.4 Å². The first-order chi connectivity index (χ1) is 9.20. The summed E-state index contributed by atoms with van der Waals surface area (Å²) in [7, 11) is 0. The van der Waals surface area contributed by atoms with Crippen LogP contribution in [0, 0.1) is 0 Å². The molecular formula is C14H19N3O2. The third kappa shape index (κ3) is 4.05. The highest BCUT2D eigenvalue weighted by Crippen LogP contribution is 2.19. The molecule has 1 saturated carbocycles. The van der Waals surface area contributed by atoms with Crippen molar-refractivity contribution in [2.45, 2.75) is 38.6 Å². The Hall–Kier alpha value is -1.91. The molecule has 0 radical (unpaired) electrons. The van der Waals surface area contributed by atoms with Crippen LogP contribution >= 0.6 is 0 Å². The van der Waals surface area contributed by atoms with E-state index >= 15 is 0 Å². The predicted molar refractivity (Wildman–Crippen MR) is 72.0 cm³/mol. The van der Waals surface area contributed by atoms with E-state index in [0.29, 0.717) is 17.9 Å². The Labute approximate surface area is 112 Å². The highest BCUT2D eigenvalue weighted by atomic mass is 16.2. The minimum atomic E-state index is -0.227. The summed E-state index contributed by atoms with van der Waals surface area (Å²) in [6, 6.07) is 5.22. The van der Waals surface area contributed by atoms with Crippen molar-refractivity contribution in [1.29, 1.82) is 0 Å². The van der Waals surface area contributed by atoms with Crippen molar-refractivity contribution in [2.75, 3.05) is 6.54 Å². The summed E-state index contributed by atoms with van der Waals surface area (Å²) < 4.78 is 0. The standard InChI is InChI=1S/C14H19N3O2/c1-2-3-9-15-13(18)11-5-4-6-12(17-11)14(19)16-10-7-8-10/h4-6,10H,2-3,7-9H2,1H3,(H,15,18)(H,16,19). The zero-order valence-corrected chi connectivity index (χ0v) is 11.1. The van der Waals surface area contributed by atoms with E-state index in [1.807, 2.05) is 0 Å². The molecule has 0 spiro atoms. The lowest BCUT2D eigenvalue weighted by molar-refractivity contribution is 0.0943. The van der Waals surface area contributed by atoms with Crippen LogP contribution in [0.5, 0.6) is 0 Å². The van der Waals surface area contributed by atoms with E-state index in [0.717, 1.165) is 25.7 Å². The Morgan fingerprint density at radius 3 is 2.58 bits per heavy atom. The van der Waals surface area contributed by atoms with Crippen molar-refractivity contribution in [3.05, 3.63) is 29.6 Å². The lowest BCUT2D eigenvalue weighted by atomic mass is 10.2. The van der Waals surface area contributed by atoms with Gasteiger partial charge in [0, 0.05) is 12.6 Å². The van der Waals surface area contributed by atoms with E-state index in [2.05, 4.69) is 22.5 Å². The van der Waals surface area contributed by atoms with Crippen LogP contribution in [0.3, 0.4) is 0 Å². The molecule has 102 valence electrons. The molecule has 0 atom stereocenters. The molecule has 1 fully saturated rings. The van der Waals surface area contributed by atoms with Crippen LogP contribution in [0.4, 0.5) is 0 Å². The monoisotopic (exact) mass is 261 g/mol. The van der Waals surface area contributed by atoms with Gasteiger partial charge in [0.2, 0.25) is 0 Å². The third-order valence-corrected chi connectivity index (χ3v) is 2.94. The largest absolute Gasteiger partial charge is 0.351 e. The van der Waals surface area contributed by atoms with Crippen molar-refractivity contribution in [3.8, 4) is 0 Å². The Morgan fingerprint density at radius 2 is 1.95 bits per heavy atom. The zero-order chi connectivity index (χ0) is 13.7. The quantitative estimate of drug-likeness (QED) is 0.762. The number of rotatable bonds is 6. The van der Waals surface area contributed by atoms with Crippen LogP contribution in [-0.2, 0) is 0 Å². The normalized spacial score (nSPS) is 13.9. The molecule has 1 aromatic rings. The lowest BCUT2D eigenvalue weighted by Crippen LogP contribution is -2.29. The first-order valence-electron chi connectivity index (χ1n) is 6.77. The molecular weight excluding hydrogens is 242 g/mol. The minimum absolute atomic E-state index is 0.203. The lowest BCUT2D eigenvalue weighted by Gasteiger charge is -2.06. The highest BCUT2D eigenvalue weighted by Gasteiger charge is 2.24. The Kier molecular flexibility index (Phi) is 4.49. The van der Waals surface area contributed by atoms with Gasteiger partial charge in [0.15, 0.2) is 0 Å². The number of pyridine rings is 1. The summed E-state index contributed by atoms with van der Waals surface area (Å²) in [5.41, 5.74) is 0.592. The molecule has 0 aliphatic heterocycles. The molecule has 0 aromatic carbocycles. The van der Waals surface area contributed by atoms with Gasteiger partial charge in [-0.15, -0.1) is 0 Å². The molecule has 5 heteroatoms. The van der Waals surface area contributed by atoms with Gasteiger partial charge >= 0.3 is 0 Å². The van der Waals surface area contributed by atoms with Crippen molar-refractivity contribution >= 4 is 11.8 Å². The molecule has 5 nitrogen and oxygen atoms in total. The number of hydrogen-bond donors (Lipinski definition) is 2. The van der Waals surface area contributed by atoms with Crippen molar-refractivity contribution in [2.24, 2.45) is 0 Å². The van der Waals surface area contributed by atoms with Crippen LogP contribution in [0.1, 0.15) is 53.6 Å². The number of nitrogens with one attached hydrogen (secondary N) is 2. The first-order valence-corrected chi connectivity index (χ1v) is 6.77. The van der Waals surface area contributed by atoms with Gasteiger partial charge in [-0.3, -0.25) is 9.59 Å². The Bertz CT molecular complexity index is 470. The van der Waals surface area contributed by atoms with E-state index in [4.69, 9.17) is 0 Å². The van der Waals surface area contributed by atoms with E-state index in [1.165, 1.54) is 0 Å². The predicted octanol–water partition coefficient (Wildman–Crippen LogP) is 1.50. The van der Waals surface area contributed by atoms with Crippen LogP contribution in [0.15, 0.2) is 18.2 Å². The average Bonchev–Trinajstić information content (AvgIpc) is 3.23. The van der Waals surface area contributed by atoms with Crippen LogP contribution in [0.2, 0.25) is 0 Å². The number of unbranched alkanes of at least 4 members (excludes halogenated alkanes) is 1. The van der Waals surface area contributed by atoms with Gasteiger partial charge in [0.1, 0.15) is 11.4 Å². The van der Waals surface area contributed by atoms with E-state index in [9.17, 15) is 9.59 Å². The summed E-state index contributed by atoms with van der Waals surface area (Å²) in [4.78, 5) is 27.8. The van der Waals surface area contributed by atoms with E-state index < -0.39 is 0 Å². The molecule has 0 unspecified atom stereocenters. The second kappa shape index (κ2) is 6.31. The molecule has 1 aromatic heterocycles. The number of aromatic nitrogens is 1. The van der Waals surface area contributed by atoms with Crippen LogP contribution in [-0.4, -0.2) is 29.4 Å². The molecule has 1 aliphatic carbocycles. The maximum atomic E-state index is 11.8. The molecule has 0 bridgehead atoms. The van der Waals surface area contributed by atoms with Crippen LogP contribution < -0.4 is 10.6 Å². The molecule has 2 N–H and O–H groups in total. The maximum absolute atomic E-state index is 11.8. The number of hydrogen-bond acceptors (Lipinski definition) is 3. The highest BCUT2D eigenvalue weighted by molar-refractivity contribution is 5.96. The van der Waals surface area contributed by atoms with Gasteiger partial charge in [-0.2, -0.15) is 0 Å². The molecule has 2 amide bonds. The fourth-order valence-corrected chi connectivity index (χ4v) is 1.64. The summed E-state index contributed by atoms with van der Waals surface area (Å²) in [5.74, 6) is -0.430. The van der Waals surface area contributed by atoms with Crippen molar-refractivity contribution < 1.29 is 9.59 Å². The van der Waals surface area contributed by atoms with Gasteiger partial charge in [-0.25, -0.2) is 4.98 Å². The molecule has 1 aliphatic rings. The fraction of sp³-hybridized carbons (Fsp3) is 0.500. The number of carbonyl (C=O) groups is 2. The summed E-state index contributed by atoms with van der Waals surface area (Å²) in [5, 5.41) is 5.64. The first kappa shape index (κ1) is 13.5. The molecule has 0 saturated heterocycles. The van der Waals surface area contributed by atoms with Crippen molar-refractivity contribution in [3.63, 3.8) is 0 Å². The summed E-state index contributed by atoms with van der Waals surface area (Å²) in [6.45, 7) is 2.70. The fourth-order valence-electron chi connectivity index (χ4n) is 1.64. The second-order valence-corrected chi connectivity index (χ2v) is 4.77. The minimum Gasteiger partial charge on any atom is -0.351 e. The van der Waals surface area contributed by atoms with Gasteiger partial charge in [0.05, 0.1) is 0 Å². The van der Waals surface area contributed by atoms with Gasteiger partial charge in [-0.05, 0) is 31.4 Å². The van der Waals surface area contributed by atoms with E-state index in [-0.39, 0.29) is 17.9 Å². The Balaban J connectivity index is 1.97. The van der Waals surface area contributed by atoms with Gasteiger partial charge < -0.3 is 10.6 Å². The Morgan fingerprint density at radius 1 is 1.26 bits per heavy atom.